The lowest BCUT2D eigenvalue weighted by Gasteiger charge is -2.43. The van der Waals surface area contributed by atoms with Crippen LogP contribution >= 0.6 is 0 Å². The average molecular weight is 366 g/mol. The van der Waals surface area contributed by atoms with Gasteiger partial charge in [-0.15, -0.1) is 0 Å². The first-order chi connectivity index (χ1) is 11.2. The van der Waals surface area contributed by atoms with E-state index in [9.17, 15) is 18.6 Å². The molecule has 1 unspecified atom stereocenters. The summed E-state index contributed by atoms with van der Waals surface area (Å²) in [5.74, 6) is -1.83. The lowest BCUT2D eigenvalue weighted by molar-refractivity contribution is -0.188. The molecule has 0 radical (unpaired) electrons. The minimum Gasteiger partial charge on any atom is -0.464 e. The summed E-state index contributed by atoms with van der Waals surface area (Å²) in [5, 5.41) is -0.819. The highest BCUT2D eigenvalue weighted by molar-refractivity contribution is 7.86. The fraction of sp³-hybridized carbons (Fsp3) is 0.786. The number of methoxy groups -OCH3 is 2. The van der Waals surface area contributed by atoms with Gasteiger partial charge in [-0.1, -0.05) is 0 Å². The maximum Gasteiger partial charge on any atom is 0.303 e. The summed E-state index contributed by atoms with van der Waals surface area (Å²) in [4.78, 5) is 33.9. The second-order valence-electron chi connectivity index (χ2n) is 5.12. The monoisotopic (exact) mass is 366 g/mol. The molecule has 0 saturated carbocycles. The normalized spacial score (nSPS) is 32.7. The molecule has 1 aliphatic rings. The molecule has 1 fully saturated rings. The van der Waals surface area contributed by atoms with Crippen molar-refractivity contribution in [2.24, 2.45) is 0 Å². The Kier molecular flexibility index (Phi) is 7.77. The summed E-state index contributed by atoms with van der Waals surface area (Å²) < 4.78 is 38.6. The van der Waals surface area contributed by atoms with Crippen molar-refractivity contribution in [3.8, 4) is 0 Å². The van der Waals surface area contributed by atoms with Crippen molar-refractivity contribution < 1.29 is 42.3 Å². The Balaban J connectivity index is 3.21. The second kappa shape index (κ2) is 9.09. The molecule has 138 valence electrons. The number of hydrogen-bond donors (Lipinski definition) is 0. The predicted octanol–water partition coefficient (Wildman–Crippen LogP) is -0.469. The third-order valence-corrected chi connectivity index (χ3v) is 5.29. The second-order valence-corrected chi connectivity index (χ2v) is 6.85. The molecule has 9 nitrogen and oxygen atoms in total. The highest BCUT2D eigenvalue weighted by Crippen LogP contribution is 2.31. The molecule has 0 bridgehead atoms. The molecule has 1 aliphatic heterocycles. The summed E-state index contributed by atoms with van der Waals surface area (Å²) in [7, 11) is 0.885. The van der Waals surface area contributed by atoms with Crippen LogP contribution in [0.4, 0.5) is 0 Å². The van der Waals surface area contributed by atoms with Crippen LogP contribution in [0, 0.1) is 0 Å². The van der Waals surface area contributed by atoms with Crippen LogP contribution < -0.4 is 0 Å². The van der Waals surface area contributed by atoms with Gasteiger partial charge in [-0.25, -0.2) is 0 Å². The summed E-state index contributed by atoms with van der Waals surface area (Å²) in [5.41, 5.74) is -1.06. The molecule has 1 saturated heterocycles. The zero-order chi connectivity index (χ0) is 18.4. The van der Waals surface area contributed by atoms with Crippen LogP contribution in [-0.4, -0.2) is 71.9 Å². The van der Waals surface area contributed by atoms with Crippen LogP contribution in [0.25, 0.3) is 0 Å². The van der Waals surface area contributed by atoms with E-state index >= 15 is 0 Å². The van der Waals surface area contributed by atoms with Gasteiger partial charge >= 0.3 is 17.9 Å². The first-order valence-corrected chi connectivity index (χ1v) is 8.43. The van der Waals surface area contributed by atoms with Crippen LogP contribution in [-0.2, 0) is 48.9 Å². The van der Waals surface area contributed by atoms with Gasteiger partial charge in [0, 0.05) is 35.0 Å². The zero-order valence-electron chi connectivity index (χ0n) is 14.2. The molecular weight excluding hydrogens is 344 g/mol. The number of rotatable bonds is 6. The van der Waals surface area contributed by atoms with Gasteiger partial charge < -0.3 is 23.7 Å². The molecule has 0 aromatic rings. The van der Waals surface area contributed by atoms with Crippen molar-refractivity contribution in [1.29, 1.82) is 0 Å². The van der Waals surface area contributed by atoms with E-state index in [0.29, 0.717) is 0 Å². The van der Waals surface area contributed by atoms with Gasteiger partial charge in [0.25, 0.3) is 0 Å². The number of carbonyl (C=O) groups is 3. The van der Waals surface area contributed by atoms with Gasteiger partial charge in [0.15, 0.2) is 17.6 Å². The molecule has 10 heteroatoms. The third-order valence-electron chi connectivity index (χ3n) is 3.37. The van der Waals surface area contributed by atoms with Crippen molar-refractivity contribution in [2.45, 2.75) is 49.8 Å². The van der Waals surface area contributed by atoms with Crippen LogP contribution in [0.1, 0.15) is 20.8 Å². The van der Waals surface area contributed by atoms with Crippen molar-refractivity contribution >= 4 is 28.7 Å². The average Bonchev–Trinajstić information content (AvgIpc) is 2.47. The fourth-order valence-electron chi connectivity index (χ4n) is 2.51. The van der Waals surface area contributed by atoms with Crippen molar-refractivity contribution in [2.75, 3.05) is 20.8 Å². The lowest BCUT2D eigenvalue weighted by atomic mass is 10.0. The summed E-state index contributed by atoms with van der Waals surface area (Å²) >= 11 is 0. The smallest absolute Gasteiger partial charge is 0.303 e. The van der Waals surface area contributed by atoms with E-state index in [2.05, 4.69) is 0 Å². The molecule has 0 amide bonds. The lowest BCUT2D eigenvalue weighted by Crippen LogP contribution is -2.63. The van der Waals surface area contributed by atoms with E-state index in [0.717, 1.165) is 0 Å². The minimum absolute atomic E-state index is 0.217. The minimum atomic E-state index is -1.74. The maximum atomic E-state index is 12.7. The fourth-order valence-corrected chi connectivity index (χ4v) is 4.25. The standard InChI is InChI=1S/C14H22O9S/c1-7(15)21-6-10-11(19-4)12(22-8(2)16)13(23-9(3)17)14(20-5)24(10)18/h10-14H,6H2,1-5H3/t10-,11-,12+,13-,14+,24?/m1/s1. The van der Waals surface area contributed by atoms with Crippen molar-refractivity contribution in [3.63, 3.8) is 0 Å². The summed E-state index contributed by atoms with van der Waals surface area (Å²) in [6.45, 7) is 3.36. The van der Waals surface area contributed by atoms with Gasteiger partial charge in [-0.2, -0.15) is 0 Å². The summed E-state index contributed by atoms with van der Waals surface area (Å²) in [6.07, 6.45) is -3.08. The van der Waals surface area contributed by atoms with Gasteiger partial charge in [0.1, 0.15) is 18.0 Å². The Morgan fingerprint density at radius 1 is 0.833 bits per heavy atom. The molecule has 24 heavy (non-hydrogen) atoms. The van der Waals surface area contributed by atoms with E-state index in [-0.39, 0.29) is 6.61 Å². The molecule has 0 aromatic heterocycles. The molecule has 0 N–H and O–H groups in total. The number of esters is 3. The summed E-state index contributed by atoms with van der Waals surface area (Å²) in [6, 6.07) is 0. The highest BCUT2D eigenvalue weighted by Gasteiger charge is 2.54. The number of ether oxygens (including phenoxy) is 5. The van der Waals surface area contributed by atoms with Crippen LogP contribution in [0.2, 0.25) is 0 Å². The van der Waals surface area contributed by atoms with E-state index in [1.165, 1.54) is 35.0 Å². The van der Waals surface area contributed by atoms with Crippen LogP contribution in [0.5, 0.6) is 0 Å². The quantitative estimate of drug-likeness (QED) is 0.454. The molecular formula is C14H22O9S. The zero-order valence-corrected chi connectivity index (χ0v) is 15.0. The van der Waals surface area contributed by atoms with E-state index < -0.39 is 57.7 Å². The predicted molar refractivity (Wildman–Crippen MR) is 81.3 cm³/mol. The third kappa shape index (κ3) is 4.99. The molecule has 0 aliphatic carbocycles. The molecule has 1 heterocycles. The van der Waals surface area contributed by atoms with Crippen LogP contribution in [0.3, 0.4) is 0 Å². The first-order valence-electron chi connectivity index (χ1n) is 7.15. The van der Waals surface area contributed by atoms with E-state index in [4.69, 9.17) is 23.7 Å². The Hall–Kier alpha value is -1.52. The SMILES string of the molecule is CO[C@H]1[C@H](OC(C)=O)[C@@H](OC(C)=O)[C@@H](OC)S(=O)[C@@H]1COC(C)=O. The van der Waals surface area contributed by atoms with Gasteiger partial charge in [0.2, 0.25) is 0 Å². The molecule has 0 aromatic carbocycles. The molecule has 6 atom stereocenters. The first kappa shape index (κ1) is 20.5. The number of carbonyl (C=O) groups excluding carboxylic acids is 3. The largest absolute Gasteiger partial charge is 0.464 e. The van der Waals surface area contributed by atoms with Crippen LogP contribution in [0.15, 0.2) is 0 Å². The van der Waals surface area contributed by atoms with E-state index in [1.807, 2.05) is 0 Å². The Morgan fingerprint density at radius 2 is 1.38 bits per heavy atom. The maximum absolute atomic E-state index is 12.7. The molecule has 1 rings (SSSR count). The highest BCUT2D eigenvalue weighted by atomic mass is 32.2. The van der Waals surface area contributed by atoms with Gasteiger partial charge in [-0.3, -0.25) is 18.6 Å². The Labute approximate surface area is 142 Å². The topological polar surface area (TPSA) is 114 Å². The number of hydrogen-bond acceptors (Lipinski definition) is 9. The Bertz CT molecular complexity index is 506. The van der Waals surface area contributed by atoms with Crippen molar-refractivity contribution in [3.05, 3.63) is 0 Å². The van der Waals surface area contributed by atoms with E-state index in [1.54, 1.807) is 0 Å². The van der Waals surface area contributed by atoms with Crippen molar-refractivity contribution in [1.82, 2.24) is 0 Å². The molecule has 0 spiro atoms. The Morgan fingerprint density at radius 3 is 1.79 bits per heavy atom. The van der Waals surface area contributed by atoms with Gasteiger partial charge in [0.05, 0.1) is 10.8 Å². The van der Waals surface area contributed by atoms with Gasteiger partial charge in [-0.05, 0) is 0 Å².